The highest BCUT2D eigenvalue weighted by atomic mass is 35.5. The zero-order valence-corrected chi connectivity index (χ0v) is 24.9. The number of hydrogen-bond acceptors (Lipinski definition) is 7. The molecule has 2 fully saturated rings. The predicted octanol–water partition coefficient (Wildman–Crippen LogP) is 2.24. The second-order valence-corrected chi connectivity index (χ2v) is 10.8. The summed E-state index contributed by atoms with van der Waals surface area (Å²) in [4.78, 5) is 14.3. The summed E-state index contributed by atoms with van der Waals surface area (Å²) < 4.78 is 20.2. The lowest BCUT2D eigenvalue weighted by atomic mass is 9.90. The van der Waals surface area contributed by atoms with E-state index in [-0.39, 0.29) is 24.7 Å². The quantitative estimate of drug-likeness (QED) is 0.136. The van der Waals surface area contributed by atoms with Gasteiger partial charge in [0.1, 0.15) is 30.3 Å². The van der Waals surface area contributed by atoms with E-state index in [1.54, 1.807) is 24.3 Å². The summed E-state index contributed by atoms with van der Waals surface area (Å²) in [5.74, 6) is 0.929. The van der Waals surface area contributed by atoms with Crippen molar-refractivity contribution >= 4 is 22.3 Å². The summed E-state index contributed by atoms with van der Waals surface area (Å²) in [6.07, 6.45) is 0. The first-order chi connectivity index (χ1) is 21.2. The standard InChI is InChI=1S/C34H32N4O5.ClH/c39-28-9-5-25(6-10-28)38(35-40)23-24-3-1-2-4-29(24)34-30-11-7-26(36-13-17-41-18-14-36)21-32(30)43-33-22-27(8-12-31(33)34)37-15-19-42-20-16-37;/h1-12,21-22H,13-20,23H2;1H. The molecule has 4 aliphatic rings. The van der Waals surface area contributed by atoms with Gasteiger partial charge in [-0.2, -0.15) is 0 Å². The fourth-order valence-corrected chi connectivity index (χ4v) is 6.05. The van der Waals surface area contributed by atoms with Gasteiger partial charge >= 0.3 is 0 Å². The normalized spacial score (nSPS) is 15.3. The van der Waals surface area contributed by atoms with Gasteiger partial charge in [-0.05, 0) is 53.6 Å². The largest absolute Gasteiger partial charge is 1.00 e. The zero-order chi connectivity index (χ0) is 29.2. The number of fused-ring (bicyclic) bond motifs is 2. The number of nitroso groups, excluding NO2 is 1. The zero-order valence-electron chi connectivity index (χ0n) is 24.2. The van der Waals surface area contributed by atoms with Crippen LogP contribution in [0.1, 0.15) is 5.56 Å². The SMILES string of the molecule is O=NN(Cc1ccccc1-c1c2ccc(=[N+]3CCOCC3)cc-2oc2cc(N3CCOCC3)ccc12)c1ccc(O)cc1.[Cl-]. The highest BCUT2D eigenvalue weighted by molar-refractivity contribution is 6.03. The molecule has 1 N–H and O–H groups in total. The molecule has 44 heavy (non-hydrogen) atoms. The average molecular weight is 613 g/mol. The van der Waals surface area contributed by atoms with Crippen LogP contribution < -0.4 is 32.2 Å². The maximum absolute atomic E-state index is 12.0. The number of ether oxygens (including phenoxy) is 2. The van der Waals surface area contributed by atoms with Crippen molar-refractivity contribution in [3.63, 3.8) is 0 Å². The molecule has 7 rings (SSSR count). The lowest BCUT2D eigenvalue weighted by molar-refractivity contribution is -0.0000115. The van der Waals surface area contributed by atoms with Gasteiger partial charge in [0.2, 0.25) is 5.36 Å². The van der Waals surface area contributed by atoms with Crippen LogP contribution in [0.3, 0.4) is 0 Å². The molecule has 3 aliphatic heterocycles. The minimum absolute atomic E-state index is 0. The molecule has 0 saturated carbocycles. The van der Waals surface area contributed by atoms with Crippen LogP contribution in [0.2, 0.25) is 0 Å². The predicted molar refractivity (Wildman–Crippen MR) is 167 cm³/mol. The van der Waals surface area contributed by atoms with E-state index in [1.807, 2.05) is 18.2 Å². The maximum atomic E-state index is 12.0. The first kappa shape index (κ1) is 29.6. The Labute approximate surface area is 261 Å². The monoisotopic (exact) mass is 612 g/mol. The summed E-state index contributed by atoms with van der Waals surface area (Å²) >= 11 is 0. The van der Waals surface area contributed by atoms with Gasteiger partial charge in [0.05, 0.1) is 36.8 Å². The Hall–Kier alpha value is -4.44. The van der Waals surface area contributed by atoms with Gasteiger partial charge in [0.15, 0.2) is 13.1 Å². The fraction of sp³-hybridized carbons (Fsp3) is 0.265. The van der Waals surface area contributed by atoms with Crippen LogP contribution in [-0.2, 0) is 16.0 Å². The van der Waals surface area contributed by atoms with Crippen LogP contribution >= 0.6 is 0 Å². The van der Waals surface area contributed by atoms with Gasteiger partial charge < -0.3 is 36.3 Å². The molecular formula is C34H33ClN4O5. The van der Waals surface area contributed by atoms with E-state index in [2.05, 4.69) is 57.2 Å². The first-order valence-electron chi connectivity index (χ1n) is 14.6. The van der Waals surface area contributed by atoms with Crippen molar-refractivity contribution in [2.45, 2.75) is 6.54 Å². The van der Waals surface area contributed by atoms with Gasteiger partial charge in [-0.3, -0.25) is 0 Å². The highest BCUT2D eigenvalue weighted by Crippen LogP contribution is 2.42. The van der Waals surface area contributed by atoms with Crippen molar-refractivity contribution in [1.82, 2.24) is 4.58 Å². The van der Waals surface area contributed by atoms with Crippen LogP contribution in [0, 0.1) is 4.91 Å². The number of morpholine rings is 2. The molecule has 10 heteroatoms. The Balaban J connectivity index is 0.00000343. The Bertz CT molecular complexity index is 1810. The Morgan fingerprint density at radius 2 is 1.59 bits per heavy atom. The summed E-state index contributed by atoms with van der Waals surface area (Å²) in [5.41, 5.74) is 6.48. The lowest BCUT2D eigenvalue weighted by Gasteiger charge is -2.29. The second kappa shape index (κ2) is 13.1. The topological polar surface area (TPSA) is 90.8 Å². The molecule has 9 nitrogen and oxygen atoms in total. The van der Waals surface area contributed by atoms with Gasteiger partial charge in [-0.25, -0.2) is 9.58 Å². The molecule has 0 radical (unpaired) electrons. The van der Waals surface area contributed by atoms with E-state index in [0.29, 0.717) is 32.1 Å². The molecule has 3 aromatic carbocycles. The van der Waals surface area contributed by atoms with E-state index >= 15 is 0 Å². The average Bonchev–Trinajstić information content (AvgIpc) is 3.07. The highest BCUT2D eigenvalue weighted by Gasteiger charge is 2.23. The molecule has 0 aromatic heterocycles. The molecule has 0 bridgehead atoms. The van der Waals surface area contributed by atoms with Crippen molar-refractivity contribution in [3.05, 3.63) is 101 Å². The molecule has 0 amide bonds. The molecule has 3 aromatic rings. The molecular weight excluding hydrogens is 580 g/mol. The van der Waals surface area contributed by atoms with Crippen molar-refractivity contribution in [3.8, 4) is 28.2 Å². The number of hydrogen-bond donors (Lipinski definition) is 1. The summed E-state index contributed by atoms with van der Waals surface area (Å²) in [6, 6.07) is 27.4. The third kappa shape index (κ3) is 5.86. The number of rotatable bonds is 6. The number of aromatic hydroxyl groups is 1. The number of nitrogens with zero attached hydrogens (tertiary/aromatic N) is 4. The van der Waals surface area contributed by atoms with Crippen LogP contribution in [0.15, 0.2) is 94.6 Å². The van der Waals surface area contributed by atoms with E-state index in [4.69, 9.17) is 13.9 Å². The Morgan fingerprint density at radius 3 is 2.36 bits per heavy atom. The molecule has 0 spiro atoms. The number of benzene rings is 4. The van der Waals surface area contributed by atoms with Gasteiger partial charge in [0, 0.05) is 47.4 Å². The second-order valence-electron chi connectivity index (χ2n) is 10.8. The van der Waals surface area contributed by atoms with Crippen LogP contribution in [0.5, 0.6) is 5.75 Å². The summed E-state index contributed by atoms with van der Waals surface area (Å²) in [6.45, 7) is 6.42. The molecule has 0 unspecified atom stereocenters. The number of halogens is 1. The van der Waals surface area contributed by atoms with E-state index < -0.39 is 0 Å². The smallest absolute Gasteiger partial charge is 0.203 e. The third-order valence-electron chi connectivity index (χ3n) is 8.29. The molecule has 1 aliphatic carbocycles. The number of phenolic OH excluding ortho intramolecular Hbond substituents is 1. The summed E-state index contributed by atoms with van der Waals surface area (Å²) in [7, 11) is 0. The maximum Gasteiger partial charge on any atom is 0.203 e. The number of anilines is 2. The van der Waals surface area contributed by atoms with Crippen molar-refractivity contribution < 1.29 is 31.4 Å². The number of phenols is 1. The van der Waals surface area contributed by atoms with E-state index in [9.17, 15) is 10.0 Å². The molecule has 3 heterocycles. The van der Waals surface area contributed by atoms with E-state index in [1.165, 1.54) is 5.01 Å². The Kier molecular flexibility index (Phi) is 8.79. The summed E-state index contributed by atoms with van der Waals surface area (Å²) in [5, 5.41) is 16.6. The van der Waals surface area contributed by atoms with Crippen molar-refractivity contribution in [1.29, 1.82) is 0 Å². The lowest BCUT2D eigenvalue weighted by Crippen LogP contribution is -3.00. The van der Waals surface area contributed by atoms with E-state index in [0.717, 1.165) is 76.2 Å². The fourth-order valence-electron chi connectivity index (χ4n) is 6.05. The van der Waals surface area contributed by atoms with Crippen molar-refractivity contribution in [2.24, 2.45) is 5.29 Å². The first-order valence-corrected chi connectivity index (χ1v) is 14.6. The van der Waals surface area contributed by atoms with Gasteiger partial charge in [-0.15, -0.1) is 4.91 Å². The Morgan fingerprint density at radius 1 is 0.841 bits per heavy atom. The van der Waals surface area contributed by atoms with Gasteiger partial charge in [-0.1, -0.05) is 24.3 Å². The molecule has 0 atom stereocenters. The third-order valence-corrected chi connectivity index (χ3v) is 8.29. The minimum Gasteiger partial charge on any atom is -1.00 e. The van der Waals surface area contributed by atoms with Crippen LogP contribution in [-0.4, -0.2) is 57.7 Å². The minimum atomic E-state index is 0. The molecule has 2 saturated heterocycles. The van der Waals surface area contributed by atoms with Crippen LogP contribution in [0.4, 0.5) is 11.4 Å². The molecule has 226 valence electrons. The van der Waals surface area contributed by atoms with Gasteiger partial charge in [0.25, 0.3) is 0 Å². The van der Waals surface area contributed by atoms with Crippen molar-refractivity contribution in [2.75, 3.05) is 62.5 Å². The van der Waals surface area contributed by atoms with Crippen LogP contribution in [0.25, 0.3) is 33.4 Å².